The molecule has 3 rings (SSSR count). The molecule has 0 aliphatic carbocycles. The molecule has 0 aliphatic rings. The van der Waals surface area contributed by atoms with E-state index in [2.05, 4.69) is 15.4 Å². The van der Waals surface area contributed by atoms with Crippen LogP contribution >= 0.6 is 0 Å². The summed E-state index contributed by atoms with van der Waals surface area (Å²) in [5.41, 5.74) is 1.03. The van der Waals surface area contributed by atoms with Crippen molar-refractivity contribution in [2.45, 2.75) is 18.7 Å². The summed E-state index contributed by atoms with van der Waals surface area (Å²) in [5, 5.41) is 7.23. The lowest BCUT2D eigenvalue weighted by Crippen LogP contribution is -2.34. The molecule has 7 nitrogen and oxygen atoms in total. The summed E-state index contributed by atoms with van der Waals surface area (Å²) in [6, 6.07) is 19.0. The van der Waals surface area contributed by atoms with Crippen LogP contribution in [0.2, 0.25) is 0 Å². The van der Waals surface area contributed by atoms with Crippen molar-refractivity contribution in [1.29, 1.82) is 0 Å². The normalized spacial score (nSPS) is 11.5. The predicted octanol–water partition coefficient (Wildman–Crippen LogP) is 3.14. The van der Waals surface area contributed by atoms with Gasteiger partial charge in [-0.1, -0.05) is 44.2 Å². The van der Waals surface area contributed by atoms with Crippen LogP contribution in [0.1, 0.15) is 24.2 Å². The van der Waals surface area contributed by atoms with Crippen LogP contribution in [-0.4, -0.2) is 33.3 Å². The molecule has 0 aromatic heterocycles. The molecule has 162 valence electrons. The molecule has 0 spiro atoms. The van der Waals surface area contributed by atoms with Gasteiger partial charge in [0.25, 0.3) is 5.91 Å². The van der Waals surface area contributed by atoms with E-state index in [1.54, 1.807) is 56.3 Å². The Hall–Kier alpha value is -3.23. The first-order valence-corrected chi connectivity index (χ1v) is 11.4. The van der Waals surface area contributed by atoms with Crippen molar-refractivity contribution < 1.29 is 18.0 Å². The first-order chi connectivity index (χ1) is 14.8. The van der Waals surface area contributed by atoms with Crippen LogP contribution in [0.5, 0.6) is 0 Å². The molecule has 3 aromatic carbocycles. The highest BCUT2D eigenvalue weighted by Crippen LogP contribution is 2.18. The zero-order valence-corrected chi connectivity index (χ0v) is 18.2. The summed E-state index contributed by atoms with van der Waals surface area (Å²) in [6.45, 7) is 3.79. The molecule has 0 bridgehead atoms. The molecule has 0 saturated heterocycles. The van der Waals surface area contributed by atoms with E-state index in [4.69, 9.17) is 0 Å². The van der Waals surface area contributed by atoms with Crippen LogP contribution in [0.3, 0.4) is 0 Å². The summed E-state index contributed by atoms with van der Waals surface area (Å²) >= 11 is 0. The lowest BCUT2D eigenvalue weighted by molar-refractivity contribution is -0.118. The number of hydrogen-bond donors (Lipinski definition) is 3. The van der Waals surface area contributed by atoms with Crippen molar-refractivity contribution >= 4 is 38.3 Å². The average Bonchev–Trinajstić information content (AvgIpc) is 2.76. The second-order valence-corrected chi connectivity index (χ2v) is 9.15. The minimum atomic E-state index is -3.68. The Morgan fingerprint density at radius 1 is 0.871 bits per heavy atom. The van der Waals surface area contributed by atoms with Gasteiger partial charge in [0.05, 0.1) is 4.90 Å². The third kappa shape index (κ3) is 5.90. The Bertz CT molecular complexity index is 1190. The Morgan fingerprint density at radius 2 is 1.55 bits per heavy atom. The second-order valence-electron chi connectivity index (χ2n) is 7.38. The number of hydrogen-bond acceptors (Lipinski definition) is 4. The Balaban J connectivity index is 1.51. The number of rotatable bonds is 8. The number of benzene rings is 3. The highest BCUT2D eigenvalue weighted by atomic mass is 32.2. The molecule has 0 fully saturated rings. The quantitative estimate of drug-likeness (QED) is 0.469. The van der Waals surface area contributed by atoms with Gasteiger partial charge in [0.2, 0.25) is 15.9 Å². The fourth-order valence-electron chi connectivity index (χ4n) is 2.87. The minimum Gasteiger partial charge on any atom is -0.351 e. The van der Waals surface area contributed by atoms with E-state index in [0.717, 1.165) is 10.8 Å². The zero-order chi connectivity index (χ0) is 22.4. The summed E-state index contributed by atoms with van der Waals surface area (Å²) < 4.78 is 27.5. The highest BCUT2D eigenvalue weighted by molar-refractivity contribution is 7.89. The van der Waals surface area contributed by atoms with E-state index >= 15 is 0 Å². The van der Waals surface area contributed by atoms with Crippen molar-refractivity contribution in [2.24, 2.45) is 5.92 Å². The largest absolute Gasteiger partial charge is 0.351 e. The van der Waals surface area contributed by atoms with Gasteiger partial charge in [0, 0.05) is 30.3 Å². The van der Waals surface area contributed by atoms with Gasteiger partial charge in [0.15, 0.2) is 0 Å². The minimum absolute atomic E-state index is 0.0590. The molecule has 8 heteroatoms. The molecule has 0 unspecified atom stereocenters. The number of carbonyl (C=O) groups excluding carboxylic acids is 2. The highest BCUT2D eigenvalue weighted by Gasteiger charge is 2.14. The van der Waals surface area contributed by atoms with Crippen LogP contribution in [0.25, 0.3) is 10.8 Å². The van der Waals surface area contributed by atoms with Crippen molar-refractivity contribution in [3.05, 3.63) is 72.3 Å². The van der Waals surface area contributed by atoms with Gasteiger partial charge in [-0.15, -0.1) is 0 Å². The number of anilines is 1. The molecule has 2 amide bonds. The molecular formula is C23H25N3O4S. The smallest absolute Gasteiger partial charge is 0.251 e. The standard InChI is InChI=1S/C23H25N3O4S/c1-16(2)22(27)26-20-10-7-18(8-11-20)23(28)24-13-14-25-31(29,30)21-12-9-17-5-3-4-6-19(17)15-21/h3-12,15-16,25H,13-14H2,1-2H3,(H,24,28)(H,26,27). The van der Waals surface area contributed by atoms with E-state index in [0.29, 0.717) is 11.3 Å². The van der Waals surface area contributed by atoms with Gasteiger partial charge in [-0.25, -0.2) is 13.1 Å². The maximum Gasteiger partial charge on any atom is 0.251 e. The molecule has 0 aliphatic heterocycles. The van der Waals surface area contributed by atoms with Gasteiger partial charge in [0.1, 0.15) is 0 Å². The van der Waals surface area contributed by atoms with Crippen molar-refractivity contribution in [1.82, 2.24) is 10.0 Å². The van der Waals surface area contributed by atoms with E-state index in [9.17, 15) is 18.0 Å². The van der Waals surface area contributed by atoms with Gasteiger partial charge in [-0.3, -0.25) is 9.59 Å². The maximum absolute atomic E-state index is 12.5. The SMILES string of the molecule is CC(C)C(=O)Nc1ccc(C(=O)NCCNS(=O)(=O)c2ccc3ccccc3c2)cc1. The van der Waals surface area contributed by atoms with Crippen LogP contribution in [-0.2, 0) is 14.8 Å². The Labute approximate surface area is 181 Å². The van der Waals surface area contributed by atoms with E-state index < -0.39 is 10.0 Å². The molecule has 3 aromatic rings. The molecule has 0 radical (unpaired) electrons. The van der Waals surface area contributed by atoms with Gasteiger partial charge in [-0.2, -0.15) is 0 Å². The number of sulfonamides is 1. The molecule has 3 N–H and O–H groups in total. The lowest BCUT2D eigenvalue weighted by atomic mass is 10.1. The summed E-state index contributed by atoms with van der Waals surface area (Å²) in [5.74, 6) is -0.566. The number of amides is 2. The van der Waals surface area contributed by atoms with Gasteiger partial charge < -0.3 is 10.6 Å². The summed E-state index contributed by atoms with van der Waals surface area (Å²) in [4.78, 5) is 24.1. The van der Waals surface area contributed by atoms with Gasteiger partial charge >= 0.3 is 0 Å². The third-order valence-corrected chi connectivity index (χ3v) is 6.13. The summed E-state index contributed by atoms with van der Waals surface area (Å²) in [7, 11) is -3.68. The lowest BCUT2D eigenvalue weighted by Gasteiger charge is -2.10. The molecular weight excluding hydrogens is 414 g/mol. The topological polar surface area (TPSA) is 104 Å². The van der Waals surface area contributed by atoms with E-state index in [1.807, 2.05) is 24.3 Å². The average molecular weight is 440 g/mol. The van der Waals surface area contributed by atoms with Gasteiger partial charge in [-0.05, 0) is 47.2 Å². The monoisotopic (exact) mass is 439 g/mol. The van der Waals surface area contributed by atoms with E-state index in [-0.39, 0.29) is 35.7 Å². The molecule has 31 heavy (non-hydrogen) atoms. The molecule has 0 atom stereocenters. The number of nitrogens with one attached hydrogen (secondary N) is 3. The van der Waals surface area contributed by atoms with Crippen LogP contribution in [0, 0.1) is 5.92 Å². The first-order valence-electron chi connectivity index (χ1n) is 9.94. The van der Waals surface area contributed by atoms with E-state index in [1.165, 1.54) is 0 Å². The second kappa shape index (κ2) is 9.72. The third-order valence-electron chi connectivity index (χ3n) is 4.67. The number of carbonyl (C=O) groups is 2. The fraction of sp³-hybridized carbons (Fsp3) is 0.217. The van der Waals surface area contributed by atoms with Crippen LogP contribution in [0.4, 0.5) is 5.69 Å². The zero-order valence-electron chi connectivity index (χ0n) is 17.4. The Morgan fingerprint density at radius 3 is 2.23 bits per heavy atom. The van der Waals surface area contributed by atoms with Crippen LogP contribution < -0.4 is 15.4 Å². The van der Waals surface area contributed by atoms with Crippen LogP contribution in [0.15, 0.2) is 71.6 Å². The maximum atomic E-state index is 12.5. The van der Waals surface area contributed by atoms with Crippen molar-refractivity contribution in [2.75, 3.05) is 18.4 Å². The molecule has 0 heterocycles. The molecule has 0 saturated carbocycles. The predicted molar refractivity (Wildman–Crippen MR) is 121 cm³/mol. The Kier molecular flexibility index (Phi) is 7.04. The van der Waals surface area contributed by atoms with Crippen molar-refractivity contribution in [3.8, 4) is 0 Å². The first kappa shape index (κ1) is 22.5. The summed E-state index contributed by atoms with van der Waals surface area (Å²) in [6.07, 6.45) is 0. The number of fused-ring (bicyclic) bond motifs is 1. The fourth-order valence-corrected chi connectivity index (χ4v) is 3.94. The van der Waals surface area contributed by atoms with Crippen molar-refractivity contribution in [3.63, 3.8) is 0 Å².